The fourth-order valence-electron chi connectivity index (χ4n) is 3.01. The molecule has 0 atom stereocenters. The monoisotopic (exact) mass is 349 g/mol. The minimum Gasteiger partial charge on any atom is -0.466 e. The fraction of sp³-hybridized carbons (Fsp3) is 0.0909. The molecule has 126 valence electrons. The predicted molar refractivity (Wildman–Crippen MR) is 107 cm³/mol. The largest absolute Gasteiger partial charge is 0.466 e. The molecule has 0 radical (unpaired) electrons. The number of hydrogen-bond acceptors (Lipinski definition) is 2. The summed E-state index contributed by atoms with van der Waals surface area (Å²) in [6.07, 6.45) is 0. The lowest BCUT2D eigenvalue weighted by Gasteiger charge is -2.24. The standard InChI is InChI=1S/C22H22O2P/c1-23-22(24-2)18-25(19-12-6-3-7-13-19,20-14-8-4-9-15-20)21-16-10-5-11-17-21/h3-18H,1-2H3/q+1. The van der Waals surface area contributed by atoms with Crippen molar-refractivity contribution in [2.75, 3.05) is 14.2 Å². The average Bonchev–Trinajstić information content (AvgIpc) is 2.71. The summed E-state index contributed by atoms with van der Waals surface area (Å²) in [5, 5.41) is 3.79. The molecule has 0 aliphatic carbocycles. The Morgan fingerprint density at radius 2 is 0.920 bits per heavy atom. The van der Waals surface area contributed by atoms with E-state index in [9.17, 15) is 0 Å². The Morgan fingerprint density at radius 3 is 1.20 bits per heavy atom. The van der Waals surface area contributed by atoms with E-state index in [0.717, 1.165) is 0 Å². The first-order chi connectivity index (χ1) is 12.3. The zero-order chi connectivity index (χ0) is 17.5. The Bertz CT molecular complexity index is 712. The second kappa shape index (κ2) is 8.00. The van der Waals surface area contributed by atoms with Gasteiger partial charge in [0, 0.05) is 0 Å². The van der Waals surface area contributed by atoms with Crippen LogP contribution in [0.1, 0.15) is 0 Å². The van der Waals surface area contributed by atoms with Gasteiger partial charge in [0.2, 0.25) is 0 Å². The van der Waals surface area contributed by atoms with Crippen LogP contribution in [0.25, 0.3) is 0 Å². The van der Waals surface area contributed by atoms with Gasteiger partial charge in [0.25, 0.3) is 0 Å². The van der Waals surface area contributed by atoms with E-state index in [-0.39, 0.29) is 0 Å². The van der Waals surface area contributed by atoms with E-state index in [2.05, 4.69) is 78.6 Å². The predicted octanol–water partition coefficient (Wildman–Crippen LogP) is 4.07. The summed E-state index contributed by atoms with van der Waals surface area (Å²) in [6.45, 7) is 0. The molecule has 0 spiro atoms. The van der Waals surface area contributed by atoms with Crippen LogP contribution in [-0.4, -0.2) is 14.2 Å². The van der Waals surface area contributed by atoms with Gasteiger partial charge in [0.1, 0.15) is 23.2 Å². The van der Waals surface area contributed by atoms with Crippen molar-refractivity contribution >= 4 is 23.2 Å². The van der Waals surface area contributed by atoms with Gasteiger partial charge in [-0.05, 0) is 36.4 Å². The van der Waals surface area contributed by atoms with Crippen LogP contribution in [0.2, 0.25) is 0 Å². The maximum absolute atomic E-state index is 5.49. The van der Waals surface area contributed by atoms with Crippen molar-refractivity contribution in [3.63, 3.8) is 0 Å². The van der Waals surface area contributed by atoms with E-state index >= 15 is 0 Å². The lowest BCUT2D eigenvalue weighted by Crippen LogP contribution is -2.30. The van der Waals surface area contributed by atoms with E-state index in [1.807, 2.05) is 18.2 Å². The highest BCUT2D eigenvalue weighted by Gasteiger charge is 2.45. The molecule has 0 aliphatic heterocycles. The van der Waals surface area contributed by atoms with Crippen LogP contribution in [0.3, 0.4) is 0 Å². The zero-order valence-electron chi connectivity index (χ0n) is 14.5. The van der Waals surface area contributed by atoms with E-state index in [1.54, 1.807) is 14.2 Å². The molecule has 25 heavy (non-hydrogen) atoms. The van der Waals surface area contributed by atoms with Gasteiger partial charge in [-0.15, -0.1) is 0 Å². The van der Waals surface area contributed by atoms with Crippen LogP contribution < -0.4 is 15.9 Å². The van der Waals surface area contributed by atoms with E-state index < -0.39 is 7.26 Å². The third kappa shape index (κ3) is 3.45. The van der Waals surface area contributed by atoms with Crippen molar-refractivity contribution < 1.29 is 9.47 Å². The van der Waals surface area contributed by atoms with Crippen molar-refractivity contribution in [2.45, 2.75) is 0 Å². The molecule has 3 rings (SSSR count). The molecule has 0 bridgehead atoms. The minimum absolute atomic E-state index is 0.532. The van der Waals surface area contributed by atoms with E-state index in [0.29, 0.717) is 5.95 Å². The van der Waals surface area contributed by atoms with Crippen LogP contribution in [0.5, 0.6) is 0 Å². The summed E-state index contributed by atoms with van der Waals surface area (Å²) in [5.74, 6) is 2.69. The normalized spacial score (nSPS) is 10.8. The van der Waals surface area contributed by atoms with Crippen molar-refractivity contribution in [3.05, 3.63) is 103 Å². The molecule has 3 heteroatoms. The van der Waals surface area contributed by atoms with Gasteiger partial charge in [0.05, 0.1) is 14.2 Å². The molecule has 0 amide bonds. The second-order valence-corrected chi connectivity index (χ2v) is 8.84. The minimum atomic E-state index is -2.05. The van der Waals surface area contributed by atoms with Crippen molar-refractivity contribution in [2.24, 2.45) is 0 Å². The van der Waals surface area contributed by atoms with Crippen molar-refractivity contribution in [1.29, 1.82) is 0 Å². The third-order valence-corrected chi connectivity index (χ3v) is 8.13. The third-order valence-electron chi connectivity index (χ3n) is 4.19. The van der Waals surface area contributed by atoms with Crippen LogP contribution in [0, 0.1) is 0 Å². The molecule has 0 saturated carbocycles. The van der Waals surface area contributed by atoms with E-state index in [1.165, 1.54) is 15.9 Å². The van der Waals surface area contributed by atoms with Gasteiger partial charge in [-0.3, -0.25) is 0 Å². The zero-order valence-corrected chi connectivity index (χ0v) is 15.4. The highest BCUT2D eigenvalue weighted by Crippen LogP contribution is 2.57. The molecule has 3 aromatic rings. The summed E-state index contributed by atoms with van der Waals surface area (Å²) < 4.78 is 11.0. The maximum Gasteiger partial charge on any atom is 0.316 e. The Labute approximate surface area is 150 Å². The summed E-state index contributed by atoms with van der Waals surface area (Å²) in [6, 6.07) is 31.8. The number of methoxy groups -OCH3 is 2. The van der Waals surface area contributed by atoms with Crippen LogP contribution >= 0.6 is 7.26 Å². The topological polar surface area (TPSA) is 18.5 Å². The summed E-state index contributed by atoms with van der Waals surface area (Å²) in [5.41, 5.74) is 0. The van der Waals surface area contributed by atoms with Crippen LogP contribution in [-0.2, 0) is 9.47 Å². The molecule has 0 heterocycles. The highest BCUT2D eigenvalue weighted by molar-refractivity contribution is 7.98. The van der Waals surface area contributed by atoms with Gasteiger partial charge in [-0.25, -0.2) is 0 Å². The SMILES string of the molecule is COC(=C[P+](c1ccccc1)(c1ccccc1)c1ccccc1)OC. The number of ether oxygens (including phenoxy) is 2. The van der Waals surface area contributed by atoms with Crippen LogP contribution in [0.4, 0.5) is 0 Å². The van der Waals surface area contributed by atoms with Gasteiger partial charge >= 0.3 is 5.95 Å². The van der Waals surface area contributed by atoms with Gasteiger partial charge < -0.3 is 9.47 Å². The Balaban J connectivity index is 2.38. The molecule has 0 unspecified atom stereocenters. The van der Waals surface area contributed by atoms with Crippen molar-refractivity contribution in [3.8, 4) is 0 Å². The average molecular weight is 349 g/mol. The molecule has 2 nitrogen and oxygen atoms in total. The van der Waals surface area contributed by atoms with Crippen LogP contribution in [0.15, 0.2) is 103 Å². The Hall–Kier alpha value is -2.57. The molecule has 3 aromatic carbocycles. The highest BCUT2D eigenvalue weighted by atomic mass is 31.2. The lowest BCUT2D eigenvalue weighted by molar-refractivity contribution is 0.0966. The lowest BCUT2D eigenvalue weighted by atomic mass is 10.4. The van der Waals surface area contributed by atoms with Gasteiger partial charge in [0.15, 0.2) is 5.82 Å². The molecule has 0 aromatic heterocycles. The molecule has 0 aliphatic rings. The first-order valence-corrected chi connectivity index (χ1v) is 10.0. The molecular formula is C22H22O2P+. The molecule has 0 saturated heterocycles. The quantitative estimate of drug-likeness (QED) is 0.493. The fourth-order valence-corrected chi connectivity index (χ4v) is 6.80. The van der Waals surface area contributed by atoms with Gasteiger partial charge in [-0.2, -0.15) is 0 Å². The molecular weight excluding hydrogens is 327 g/mol. The first kappa shape index (κ1) is 17.3. The maximum atomic E-state index is 5.49. The van der Waals surface area contributed by atoms with E-state index in [4.69, 9.17) is 9.47 Å². The van der Waals surface area contributed by atoms with Crippen molar-refractivity contribution in [1.82, 2.24) is 0 Å². The number of hydrogen-bond donors (Lipinski definition) is 0. The van der Waals surface area contributed by atoms with Gasteiger partial charge in [-0.1, -0.05) is 54.6 Å². The summed E-state index contributed by atoms with van der Waals surface area (Å²) in [7, 11) is 1.23. The molecule has 0 N–H and O–H groups in total. The number of rotatable bonds is 6. The molecule has 0 fully saturated rings. The Kier molecular flexibility index (Phi) is 5.53. The smallest absolute Gasteiger partial charge is 0.316 e. The summed E-state index contributed by atoms with van der Waals surface area (Å²) in [4.78, 5) is 0. The Morgan fingerprint density at radius 1 is 0.600 bits per heavy atom. The second-order valence-electron chi connectivity index (χ2n) is 5.59. The first-order valence-electron chi connectivity index (χ1n) is 8.17. The number of benzene rings is 3. The summed E-state index contributed by atoms with van der Waals surface area (Å²) >= 11 is 0.